The van der Waals surface area contributed by atoms with E-state index in [9.17, 15) is 0 Å². The van der Waals surface area contributed by atoms with Crippen LogP contribution in [0.4, 0.5) is 0 Å². The van der Waals surface area contributed by atoms with Crippen LogP contribution in [0.15, 0.2) is 59.1 Å². The van der Waals surface area contributed by atoms with Gasteiger partial charge in [-0.3, -0.25) is 11.8 Å². The second kappa shape index (κ2) is 6.24. The molecule has 0 atom stereocenters. The molecule has 0 aromatic carbocycles. The van der Waals surface area contributed by atoms with E-state index in [0.29, 0.717) is 0 Å². The predicted molar refractivity (Wildman–Crippen MR) is 57.8 cm³/mol. The third-order valence-electron chi connectivity index (χ3n) is 1.78. The van der Waals surface area contributed by atoms with E-state index in [4.69, 9.17) is 0 Å². The van der Waals surface area contributed by atoms with Crippen molar-refractivity contribution < 1.29 is 26.2 Å². The Kier molecular flexibility index (Phi) is 4.90. The summed E-state index contributed by atoms with van der Waals surface area (Å²) in [7, 11) is 0. The molecule has 0 radical (unpaired) electrons. The van der Waals surface area contributed by atoms with E-state index >= 15 is 0 Å². The molecule has 0 unspecified atom stereocenters. The van der Waals surface area contributed by atoms with Crippen molar-refractivity contribution in [3.63, 3.8) is 0 Å². The van der Waals surface area contributed by atoms with Crippen LogP contribution in [-0.2, 0) is 26.2 Å². The average molecular weight is 267 g/mol. The molecular weight excluding hydrogens is 259 g/mol. The molecule has 0 fully saturated rings. The zero-order valence-electron chi connectivity index (χ0n) is 8.12. The molecule has 0 heterocycles. The third kappa shape index (κ3) is 3.75. The van der Waals surface area contributed by atoms with Gasteiger partial charge in [0, 0.05) is 0 Å². The number of rotatable bonds is 2. The second-order valence-electron chi connectivity index (χ2n) is 2.83. The van der Waals surface area contributed by atoms with Gasteiger partial charge in [0.25, 0.3) is 0 Å². The fourth-order valence-electron chi connectivity index (χ4n) is 1.11. The molecule has 0 bridgehead atoms. The second-order valence-corrected chi connectivity index (χ2v) is 2.83. The van der Waals surface area contributed by atoms with E-state index in [1.54, 1.807) is 0 Å². The van der Waals surface area contributed by atoms with Gasteiger partial charge in [0.2, 0.25) is 0 Å². The maximum atomic E-state index is 3.05. The molecule has 0 aromatic heterocycles. The van der Waals surface area contributed by atoms with E-state index in [2.05, 4.69) is 23.3 Å². The molecule has 0 spiro atoms. The van der Waals surface area contributed by atoms with Crippen molar-refractivity contribution in [1.29, 1.82) is 0 Å². The van der Waals surface area contributed by atoms with Crippen LogP contribution in [0.5, 0.6) is 0 Å². The van der Waals surface area contributed by atoms with Crippen LogP contribution in [0.3, 0.4) is 0 Å². The molecule has 0 N–H and O–H groups in total. The van der Waals surface area contributed by atoms with Gasteiger partial charge in [-0.15, -0.1) is 48.3 Å². The van der Waals surface area contributed by atoms with Crippen molar-refractivity contribution in [3.8, 4) is 11.8 Å². The Morgan fingerprint density at radius 3 is 1.67 bits per heavy atom. The Bertz CT molecular complexity index is 433. The number of hydrogen-bond donors (Lipinski definition) is 0. The first-order valence-corrected chi connectivity index (χ1v) is 4.39. The Morgan fingerprint density at radius 2 is 1.33 bits per heavy atom. The minimum absolute atomic E-state index is 0. The van der Waals surface area contributed by atoms with Crippen molar-refractivity contribution in [2.45, 2.75) is 0 Å². The predicted octanol–water partition coefficient (Wildman–Crippen LogP) is 2.70. The first kappa shape index (κ1) is 11.8. The summed E-state index contributed by atoms with van der Waals surface area (Å²) in [6.07, 6.45) is 15.3. The Balaban J connectivity index is 0.00000112. The van der Waals surface area contributed by atoms with Crippen molar-refractivity contribution in [2.75, 3.05) is 0 Å². The molecule has 0 amide bonds. The van der Waals surface area contributed by atoms with Gasteiger partial charge in [-0.1, -0.05) is 12.2 Å². The van der Waals surface area contributed by atoms with E-state index in [-0.39, 0.29) is 26.2 Å². The van der Waals surface area contributed by atoms with Crippen molar-refractivity contribution in [3.05, 3.63) is 71.9 Å². The van der Waals surface area contributed by atoms with Crippen molar-refractivity contribution in [2.24, 2.45) is 0 Å². The standard InChI is InChI=1S/C14H8.Zr/c1-2-8-13(7-1)11-5-6-12-14-9-3-4-10-14;/h1-4,7,9,11-12H;/q-2;+2. The molecule has 0 nitrogen and oxygen atoms in total. The Morgan fingerprint density at radius 1 is 0.867 bits per heavy atom. The molecule has 0 saturated carbocycles. The Labute approximate surface area is 110 Å². The summed E-state index contributed by atoms with van der Waals surface area (Å²) in [5.74, 6) is 5.89. The SMILES string of the molecule is C1=CC=CC=1[CH-]C#C[CH-]C1=C=CC=C1.[Zr+2]. The molecule has 2 aliphatic rings. The summed E-state index contributed by atoms with van der Waals surface area (Å²) in [4.78, 5) is 0. The van der Waals surface area contributed by atoms with Gasteiger partial charge in [-0.2, -0.15) is 0 Å². The fourth-order valence-corrected chi connectivity index (χ4v) is 1.11. The quantitative estimate of drug-likeness (QED) is 0.410. The van der Waals surface area contributed by atoms with Gasteiger partial charge in [0.15, 0.2) is 0 Å². The molecule has 68 valence electrons. The number of allylic oxidation sites excluding steroid dienone is 6. The minimum atomic E-state index is 0. The molecule has 0 saturated heterocycles. The molecule has 2 rings (SSSR count). The van der Waals surface area contributed by atoms with Gasteiger partial charge >= 0.3 is 26.2 Å². The zero-order chi connectivity index (χ0) is 9.64. The van der Waals surface area contributed by atoms with Crippen LogP contribution < -0.4 is 0 Å². The average Bonchev–Trinajstić information content (AvgIpc) is 2.86. The largest absolute Gasteiger partial charge is 2.00 e. The first-order chi connectivity index (χ1) is 6.95. The summed E-state index contributed by atoms with van der Waals surface area (Å²) >= 11 is 0. The van der Waals surface area contributed by atoms with Crippen LogP contribution in [0.1, 0.15) is 0 Å². The molecule has 2 aliphatic carbocycles. The topological polar surface area (TPSA) is 0 Å². The summed E-state index contributed by atoms with van der Waals surface area (Å²) in [6.45, 7) is 0. The van der Waals surface area contributed by atoms with Crippen molar-refractivity contribution in [1.82, 2.24) is 0 Å². The zero-order valence-corrected chi connectivity index (χ0v) is 10.6. The minimum Gasteiger partial charge on any atom is -0.294 e. The normalized spacial score (nSPS) is 13.9. The fraction of sp³-hybridized carbons (Fsp3) is 0. The van der Waals surface area contributed by atoms with Crippen LogP contribution in [-0.4, -0.2) is 0 Å². The maximum absolute atomic E-state index is 3.05. The first-order valence-electron chi connectivity index (χ1n) is 4.39. The molecule has 0 aliphatic heterocycles. The van der Waals surface area contributed by atoms with Crippen LogP contribution in [0.25, 0.3) is 0 Å². The molecular formula is C14H8Zr. The summed E-state index contributed by atoms with van der Waals surface area (Å²) < 4.78 is 0. The van der Waals surface area contributed by atoms with Gasteiger partial charge in [0.05, 0.1) is 0 Å². The molecule has 1 heteroatoms. The van der Waals surface area contributed by atoms with Gasteiger partial charge in [0.1, 0.15) is 0 Å². The van der Waals surface area contributed by atoms with E-state index in [0.717, 1.165) is 11.1 Å². The molecule has 15 heavy (non-hydrogen) atoms. The third-order valence-corrected chi connectivity index (χ3v) is 1.78. The summed E-state index contributed by atoms with van der Waals surface area (Å²) in [5, 5.41) is 0. The van der Waals surface area contributed by atoms with Gasteiger partial charge < -0.3 is 0 Å². The van der Waals surface area contributed by atoms with Crippen LogP contribution >= 0.6 is 0 Å². The number of hydrogen-bond acceptors (Lipinski definition) is 0. The van der Waals surface area contributed by atoms with Gasteiger partial charge in [-0.25, -0.2) is 11.5 Å². The maximum Gasteiger partial charge on any atom is 2.00 e. The summed E-state index contributed by atoms with van der Waals surface area (Å²) in [6, 6.07) is 0. The summed E-state index contributed by atoms with van der Waals surface area (Å²) in [5.41, 5.74) is 8.15. The van der Waals surface area contributed by atoms with Crippen molar-refractivity contribution >= 4 is 0 Å². The van der Waals surface area contributed by atoms with E-state index < -0.39 is 0 Å². The Hall–Kier alpha value is -1.30. The molecule has 0 aromatic rings. The van der Waals surface area contributed by atoms with Gasteiger partial charge in [-0.05, 0) is 0 Å². The van der Waals surface area contributed by atoms with E-state index in [1.807, 2.05) is 49.3 Å². The monoisotopic (exact) mass is 266 g/mol. The van der Waals surface area contributed by atoms with Crippen LogP contribution in [0, 0.1) is 24.7 Å². The van der Waals surface area contributed by atoms with E-state index in [1.165, 1.54) is 0 Å². The van der Waals surface area contributed by atoms with Crippen LogP contribution in [0.2, 0.25) is 0 Å². The smallest absolute Gasteiger partial charge is 0.294 e.